The molecule has 0 saturated carbocycles. The van der Waals surface area contributed by atoms with Crippen LogP contribution in [0, 0.1) is 6.92 Å². The molecule has 7 heteroatoms. The second-order valence-electron chi connectivity index (χ2n) is 7.90. The SMILES string of the molecule is COc1ccc(C(=O)N2CCN(c3ncnc4scc(-c5ccc(C)cc5)c34)CC2)cc1. The average Bonchev–Trinajstić information content (AvgIpc) is 3.29. The molecule has 6 nitrogen and oxygen atoms in total. The summed E-state index contributed by atoms with van der Waals surface area (Å²) in [5.41, 5.74) is 4.26. The number of benzene rings is 2. The zero-order valence-electron chi connectivity index (χ0n) is 18.1. The van der Waals surface area contributed by atoms with Crippen LogP contribution in [0.5, 0.6) is 5.75 Å². The molecule has 0 spiro atoms. The van der Waals surface area contributed by atoms with Gasteiger partial charge in [0.25, 0.3) is 5.91 Å². The zero-order chi connectivity index (χ0) is 22.1. The number of methoxy groups -OCH3 is 1. The highest BCUT2D eigenvalue weighted by Gasteiger charge is 2.25. The van der Waals surface area contributed by atoms with Crippen LogP contribution in [-0.4, -0.2) is 54.1 Å². The van der Waals surface area contributed by atoms with E-state index in [9.17, 15) is 4.79 Å². The third kappa shape index (κ3) is 3.80. The fourth-order valence-corrected chi connectivity index (χ4v) is 4.99. The normalized spacial score (nSPS) is 14.1. The summed E-state index contributed by atoms with van der Waals surface area (Å²) in [5, 5.41) is 3.26. The van der Waals surface area contributed by atoms with Gasteiger partial charge < -0.3 is 14.5 Å². The van der Waals surface area contributed by atoms with Gasteiger partial charge in [-0.2, -0.15) is 0 Å². The molecular formula is C25H24N4O2S. The number of rotatable bonds is 4. The topological polar surface area (TPSA) is 58.6 Å². The number of carbonyl (C=O) groups is 1. The summed E-state index contributed by atoms with van der Waals surface area (Å²) in [4.78, 5) is 27.3. The maximum Gasteiger partial charge on any atom is 0.253 e. The maximum atomic E-state index is 12.9. The lowest BCUT2D eigenvalue weighted by molar-refractivity contribution is 0.0746. The van der Waals surface area contributed by atoms with Crippen molar-refractivity contribution in [3.63, 3.8) is 0 Å². The van der Waals surface area contributed by atoms with Crippen molar-refractivity contribution in [1.82, 2.24) is 14.9 Å². The molecular weight excluding hydrogens is 420 g/mol. The zero-order valence-corrected chi connectivity index (χ0v) is 18.9. The minimum absolute atomic E-state index is 0.0519. The molecule has 0 N–H and O–H groups in total. The first-order chi connectivity index (χ1) is 15.6. The van der Waals surface area contributed by atoms with Crippen molar-refractivity contribution in [2.45, 2.75) is 6.92 Å². The Hall–Kier alpha value is -3.45. The molecule has 1 amide bonds. The predicted molar refractivity (Wildman–Crippen MR) is 129 cm³/mol. The van der Waals surface area contributed by atoms with E-state index >= 15 is 0 Å². The summed E-state index contributed by atoms with van der Waals surface area (Å²) in [6.45, 7) is 4.87. The maximum absolute atomic E-state index is 12.9. The smallest absolute Gasteiger partial charge is 0.253 e. The van der Waals surface area contributed by atoms with Crippen molar-refractivity contribution in [1.29, 1.82) is 0 Å². The minimum atomic E-state index is 0.0519. The number of carbonyl (C=O) groups excluding carboxylic acids is 1. The van der Waals surface area contributed by atoms with Gasteiger partial charge in [-0.1, -0.05) is 29.8 Å². The number of piperazine rings is 1. The third-order valence-electron chi connectivity index (χ3n) is 5.92. The van der Waals surface area contributed by atoms with E-state index in [1.165, 1.54) is 11.1 Å². The van der Waals surface area contributed by atoms with E-state index in [-0.39, 0.29) is 5.91 Å². The molecule has 5 rings (SSSR count). The number of anilines is 1. The van der Waals surface area contributed by atoms with Gasteiger partial charge in [-0.15, -0.1) is 11.3 Å². The second-order valence-corrected chi connectivity index (χ2v) is 8.76. The third-order valence-corrected chi connectivity index (χ3v) is 6.80. The van der Waals surface area contributed by atoms with E-state index in [2.05, 4.69) is 51.4 Å². The van der Waals surface area contributed by atoms with Gasteiger partial charge in [-0.25, -0.2) is 9.97 Å². The molecule has 3 heterocycles. The van der Waals surface area contributed by atoms with Gasteiger partial charge in [0.05, 0.1) is 12.5 Å². The molecule has 1 aliphatic heterocycles. The van der Waals surface area contributed by atoms with Crippen LogP contribution in [0.15, 0.2) is 60.2 Å². The highest BCUT2D eigenvalue weighted by atomic mass is 32.1. The summed E-state index contributed by atoms with van der Waals surface area (Å²) in [5.74, 6) is 1.75. The Morgan fingerprint density at radius 1 is 0.969 bits per heavy atom. The number of thiophene rings is 1. The quantitative estimate of drug-likeness (QED) is 0.459. The largest absolute Gasteiger partial charge is 0.497 e. The molecule has 0 unspecified atom stereocenters. The van der Waals surface area contributed by atoms with Crippen molar-refractivity contribution in [2.24, 2.45) is 0 Å². The van der Waals surface area contributed by atoms with Gasteiger partial charge in [0.1, 0.15) is 22.7 Å². The molecule has 2 aromatic carbocycles. The number of aryl methyl sites for hydroxylation is 1. The Kier molecular flexibility index (Phi) is 5.49. The molecule has 0 atom stereocenters. The van der Waals surface area contributed by atoms with Crippen LogP contribution in [0.1, 0.15) is 15.9 Å². The Labute approximate surface area is 191 Å². The van der Waals surface area contributed by atoms with E-state index in [1.54, 1.807) is 24.8 Å². The van der Waals surface area contributed by atoms with E-state index in [1.807, 2.05) is 29.2 Å². The summed E-state index contributed by atoms with van der Waals surface area (Å²) >= 11 is 1.64. The molecule has 4 aromatic rings. The second kappa shape index (κ2) is 8.59. The van der Waals surface area contributed by atoms with Crippen molar-refractivity contribution in [3.05, 3.63) is 71.4 Å². The van der Waals surface area contributed by atoms with Gasteiger partial charge in [0.2, 0.25) is 0 Å². The number of ether oxygens (including phenoxy) is 1. The van der Waals surface area contributed by atoms with E-state index in [4.69, 9.17) is 4.74 Å². The highest BCUT2D eigenvalue weighted by molar-refractivity contribution is 7.17. The molecule has 1 fully saturated rings. The van der Waals surface area contributed by atoms with Gasteiger partial charge in [0.15, 0.2) is 0 Å². The molecule has 1 saturated heterocycles. The van der Waals surface area contributed by atoms with Gasteiger partial charge >= 0.3 is 0 Å². The first kappa shape index (κ1) is 20.5. The number of hydrogen-bond acceptors (Lipinski definition) is 6. The standard InChI is InChI=1S/C25H24N4O2S/c1-17-3-5-18(6-4-17)21-15-32-24-22(21)23(26-16-27-24)28-11-13-29(14-12-28)25(30)19-7-9-20(31-2)10-8-19/h3-10,15-16H,11-14H2,1-2H3. The van der Waals surface area contributed by atoms with Gasteiger partial charge in [-0.3, -0.25) is 4.79 Å². The Bertz CT molecular complexity index is 1240. The van der Waals surface area contributed by atoms with E-state index in [0.29, 0.717) is 18.7 Å². The fraction of sp³-hybridized carbons (Fsp3) is 0.240. The lowest BCUT2D eigenvalue weighted by atomic mass is 10.0. The number of fused-ring (bicyclic) bond motifs is 1. The van der Waals surface area contributed by atoms with Gasteiger partial charge in [-0.05, 0) is 36.8 Å². The Balaban J connectivity index is 1.37. The number of aromatic nitrogens is 2. The first-order valence-corrected chi connectivity index (χ1v) is 11.5. The monoisotopic (exact) mass is 444 g/mol. The molecule has 1 aliphatic rings. The fourth-order valence-electron chi connectivity index (χ4n) is 4.08. The first-order valence-electron chi connectivity index (χ1n) is 10.6. The summed E-state index contributed by atoms with van der Waals surface area (Å²) in [6, 6.07) is 15.9. The molecule has 0 aliphatic carbocycles. The van der Waals surface area contributed by atoms with Crippen LogP contribution in [-0.2, 0) is 0 Å². The number of nitrogens with zero attached hydrogens (tertiary/aromatic N) is 4. The van der Waals surface area contributed by atoms with Crippen molar-refractivity contribution >= 4 is 33.3 Å². The molecule has 2 aromatic heterocycles. The molecule has 32 heavy (non-hydrogen) atoms. The minimum Gasteiger partial charge on any atom is -0.497 e. The summed E-state index contributed by atoms with van der Waals surface area (Å²) in [7, 11) is 1.62. The van der Waals surface area contributed by atoms with Crippen LogP contribution in [0.25, 0.3) is 21.3 Å². The number of hydrogen-bond donors (Lipinski definition) is 0. The number of amides is 1. The Morgan fingerprint density at radius 2 is 1.69 bits per heavy atom. The van der Waals surface area contributed by atoms with E-state index < -0.39 is 0 Å². The van der Waals surface area contributed by atoms with E-state index in [0.717, 1.165) is 40.4 Å². The van der Waals surface area contributed by atoms with Crippen molar-refractivity contribution < 1.29 is 9.53 Å². The Morgan fingerprint density at radius 3 is 2.38 bits per heavy atom. The van der Waals surface area contributed by atoms with Gasteiger partial charge in [0, 0.05) is 42.7 Å². The van der Waals surface area contributed by atoms with Crippen molar-refractivity contribution in [3.8, 4) is 16.9 Å². The molecule has 0 bridgehead atoms. The molecule has 0 radical (unpaired) electrons. The molecule has 162 valence electrons. The van der Waals surface area contributed by atoms with Crippen LogP contribution in [0.4, 0.5) is 5.82 Å². The summed E-state index contributed by atoms with van der Waals surface area (Å²) < 4.78 is 5.19. The highest BCUT2D eigenvalue weighted by Crippen LogP contribution is 2.38. The van der Waals surface area contributed by atoms with Crippen LogP contribution < -0.4 is 9.64 Å². The summed E-state index contributed by atoms with van der Waals surface area (Å²) in [6.07, 6.45) is 1.64. The predicted octanol–water partition coefficient (Wildman–Crippen LogP) is 4.64. The van der Waals surface area contributed by atoms with Crippen LogP contribution in [0.3, 0.4) is 0 Å². The lowest BCUT2D eigenvalue weighted by Gasteiger charge is -2.35. The average molecular weight is 445 g/mol. The van der Waals surface area contributed by atoms with Crippen LogP contribution in [0.2, 0.25) is 0 Å². The van der Waals surface area contributed by atoms with Crippen LogP contribution >= 0.6 is 11.3 Å². The van der Waals surface area contributed by atoms with Crippen molar-refractivity contribution in [2.75, 3.05) is 38.2 Å². The lowest BCUT2D eigenvalue weighted by Crippen LogP contribution is -2.49.